The van der Waals surface area contributed by atoms with E-state index in [9.17, 15) is 4.79 Å². The molecule has 0 unspecified atom stereocenters. The van der Waals surface area contributed by atoms with Crippen molar-refractivity contribution < 1.29 is 0 Å². The van der Waals surface area contributed by atoms with E-state index in [0.29, 0.717) is 0 Å². The van der Waals surface area contributed by atoms with Crippen molar-refractivity contribution in [3.8, 4) is 0 Å². The highest BCUT2D eigenvalue weighted by molar-refractivity contribution is 5.78. The Morgan fingerprint density at radius 3 is 2.68 bits per heavy atom. The van der Waals surface area contributed by atoms with Gasteiger partial charge in [-0.1, -0.05) is 19.1 Å². The molecule has 19 heavy (non-hydrogen) atoms. The summed E-state index contributed by atoms with van der Waals surface area (Å²) in [5.41, 5.74) is 1.26. The monoisotopic (exact) mass is 258 g/mol. The predicted octanol–water partition coefficient (Wildman–Crippen LogP) is 2.78. The molecule has 0 radical (unpaired) electrons. The molecule has 0 saturated heterocycles. The molecule has 1 aromatic heterocycles. The van der Waals surface area contributed by atoms with E-state index in [1.807, 2.05) is 30.5 Å². The third kappa shape index (κ3) is 3.24. The van der Waals surface area contributed by atoms with Crippen LogP contribution in [0.2, 0.25) is 0 Å². The highest BCUT2D eigenvalue weighted by atomic mass is 16.1. The highest BCUT2D eigenvalue weighted by Crippen LogP contribution is 2.10. The zero-order chi connectivity index (χ0) is 13.9. The summed E-state index contributed by atoms with van der Waals surface area (Å²) in [4.78, 5) is 11.8. The molecule has 1 N–H and O–H groups in total. The normalized spacial score (nSPS) is 11.9. The van der Waals surface area contributed by atoms with Crippen LogP contribution < -0.4 is 10.7 Å². The average molecular weight is 258 g/mol. The number of para-hydroxylation sites is 1. The van der Waals surface area contributed by atoms with E-state index in [1.54, 1.807) is 6.07 Å². The lowest BCUT2D eigenvalue weighted by Crippen LogP contribution is -2.40. The second kappa shape index (κ2) is 5.57. The van der Waals surface area contributed by atoms with Crippen molar-refractivity contribution >= 4 is 10.9 Å². The Labute approximate surface area is 114 Å². The zero-order valence-electron chi connectivity index (χ0n) is 11.9. The first-order chi connectivity index (χ1) is 9.03. The summed E-state index contributed by atoms with van der Waals surface area (Å²) in [7, 11) is 0. The first-order valence-corrected chi connectivity index (χ1v) is 6.87. The maximum atomic E-state index is 11.8. The van der Waals surface area contributed by atoms with E-state index < -0.39 is 0 Å². The summed E-state index contributed by atoms with van der Waals surface area (Å²) >= 11 is 0. The lowest BCUT2D eigenvalue weighted by Gasteiger charge is -2.25. The average Bonchev–Trinajstić information content (AvgIpc) is 2.42. The third-order valence-corrected chi connectivity index (χ3v) is 3.72. The van der Waals surface area contributed by atoms with Crippen LogP contribution in [0, 0.1) is 0 Å². The SMILES string of the molecule is CCC(C)(C)NCCn1ccc(=O)c2ccccc21. The molecule has 2 aromatic rings. The zero-order valence-corrected chi connectivity index (χ0v) is 11.9. The second-order valence-corrected chi connectivity index (χ2v) is 5.55. The quantitative estimate of drug-likeness (QED) is 0.894. The number of hydrogen-bond donors (Lipinski definition) is 1. The molecule has 0 fully saturated rings. The van der Waals surface area contributed by atoms with Gasteiger partial charge in [-0.2, -0.15) is 0 Å². The van der Waals surface area contributed by atoms with Crippen molar-refractivity contribution in [3.05, 3.63) is 46.8 Å². The van der Waals surface area contributed by atoms with E-state index in [4.69, 9.17) is 0 Å². The van der Waals surface area contributed by atoms with Crippen LogP contribution in [-0.2, 0) is 6.54 Å². The molecule has 0 aliphatic heterocycles. The smallest absolute Gasteiger partial charge is 0.189 e. The lowest BCUT2D eigenvalue weighted by molar-refractivity contribution is 0.369. The van der Waals surface area contributed by atoms with Crippen molar-refractivity contribution in [2.24, 2.45) is 0 Å². The molecule has 0 atom stereocenters. The van der Waals surface area contributed by atoms with E-state index in [-0.39, 0.29) is 11.0 Å². The Kier molecular flexibility index (Phi) is 4.05. The molecule has 0 aliphatic rings. The number of fused-ring (bicyclic) bond motifs is 1. The minimum Gasteiger partial charge on any atom is -0.346 e. The molecule has 0 amide bonds. The number of aromatic nitrogens is 1. The Morgan fingerprint density at radius 2 is 1.95 bits per heavy atom. The van der Waals surface area contributed by atoms with Crippen molar-refractivity contribution in [1.82, 2.24) is 9.88 Å². The Bertz CT molecular complexity index is 613. The summed E-state index contributed by atoms with van der Waals surface area (Å²) in [5.74, 6) is 0. The standard InChI is InChI=1S/C16H22N2O/c1-4-16(2,3)17-10-12-18-11-9-15(19)13-7-5-6-8-14(13)18/h5-9,11,17H,4,10,12H2,1-3H3. The maximum absolute atomic E-state index is 11.8. The van der Waals surface area contributed by atoms with Gasteiger partial charge in [-0.05, 0) is 32.4 Å². The van der Waals surface area contributed by atoms with Crippen molar-refractivity contribution in [2.75, 3.05) is 6.54 Å². The molecule has 3 heteroatoms. The van der Waals surface area contributed by atoms with E-state index in [0.717, 1.165) is 30.4 Å². The minimum atomic E-state index is 0.0914. The molecule has 0 spiro atoms. The van der Waals surface area contributed by atoms with Gasteiger partial charge in [0.15, 0.2) is 5.43 Å². The highest BCUT2D eigenvalue weighted by Gasteiger charge is 2.12. The first kappa shape index (κ1) is 13.8. The summed E-state index contributed by atoms with van der Waals surface area (Å²) in [6.07, 6.45) is 2.98. The predicted molar refractivity (Wildman–Crippen MR) is 80.6 cm³/mol. The molecular weight excluding hydrogens is 236 g/mol. The van der Waals surface area contributed by atoms with Crippen molar-refractivity contribution in [1.29, 1.82) is 0 Å². The van der Waals surface area contributed by atoms with Crippen molar-refractivity contribution in [2.45, 2.75) is 39.3 Å². The van der Waals surface area contributed by atoms with Gasteiger partial charge >= 0.3 is 0 Å². The van der Waals surface area contributed by atoms with Crippen LogP contribution in [-0.4, -0.2) is 16.7 Å². The van der Waals surface area contributed by atoms with Crippen LogP contribution in [0.5, 0.6) is 0 Å². The molecule has 3 nitrogen and oxygen atoms in total. The summed E-state index contributed by atoms with van der Waals surface area (Å²) in [6, 6.07) is 9.42. The number of pyridine rings is 1. The Morgan fingerprint density at radius 1 is 1.21 bits per heavy atom. The van der Waals surface area contributed by atoms with Crippen LogP contribution in [0.3, 0.4) is 0 Å². The van der Waals surface area contributed by atoms with Gasteiger partial charge in [0.1, 0.15) is 0 Å². The van der Waals surface area contributed by atoms with E-state index >= 15 is 0 Å². The molecule has 0 saturated carbocycles. The number of nitrogens with zero attached hydrogens (tertiary/aromatic N) is 1. The first-order valence-electron chi connectivity index (χ1n) is 6.87. The number of benzene rings is 1. The van der Waals surface area contributed by atoms with Gasteiger partial charge in [-0.15, -0.1) is 0 Å². The van der Waals surface area contributed by atoms with Gasteiger partial charge in [-0.3, -0.25) is 4.79 Å². The van der Waals surface area contributed by atoms with Crippen LogP contribution >= 0.6 is 0 Å². The number of rotatable bonds is 5. The van der Waals surface area contributed by atoms with Gasteiger partial charge in [0.05, 0.1) is 5.52 Å². The second-order valence-electron chi connectivity index (χ2n) is 5.55. The van der Waals surface area contributed by atoms with Gasteiger partial charge in [0, 0.05) is 36.3 Å². The van der Waals surface area contributed by atoms with Crippen LogP contribution in [0.15, 0.2) is 41.3 Å². The van der Waals surface area contributed by atoms with E-state index in [1.165, 1.54) is 0 Å². The fourth-order valence-electron chi connectivity index (χ4n) is 2.09. The summed E-state index contributed by atoms with van der Waals surface area (Å²) in [6.45, 7) is 8.35. The van der Waals surface area contributed by atoms with Crippen LogP contribution in [0.4, 0.5) is 0 Å². The topological polar surface area (TPSA) is 34.0 Å². The summed E-state index contributed by atoms with van der Waals surface area (Å²) in [5, 5.41) is 4.33. The third-order valence-electron chi connectivity index (χ3n) is 3.72. The number of nitrogens with one attached hydrogen (secondary N) is 1. The van der Waals surface area contributed by atoms with E-state index in [2.05, 4.69) is 30.7 Å². The van der Waals surface area contributed by atoms with Gasteiger partial charge in [0.2, 0.25) is 0 Å². The minimum absolute atomic E-state index is 0.0914. The largest absolute Gasteiger partial charge is 0.346 e. The van der Waals surface area contributed by atoms with Gasteiger partial charge < -0.3 is 9.88 Å². The van der Waals surface area contributed by atoms with Crippen molar-refractivity contribution in [3.63, 3.8) is 0 Å². The Hall–Kier alpha value is -1.61. The molecule has 102 valence electrons. The Balaban J connectivity index is 2.18. The molecule has 2 rings (SSSR count). The van der Waals surface area contributed by atoms with Gasteiger partial charge in [-0.25, -0.2) is 0 Å². The van der Waals surface area contributed by atoms with Crippen LogP contribution in [0.25, 0.3) is 10.9 Å². The van der Waals surface area contributed by atoms with Crippen LogP contribution in [0.1, 0.15) is 27.2 Å². The molecule has 0 aliphatic carbocycles. The van der Waals surface area contributed by atoms with Gasteiger partial charge in [0.25, 0.3) is 0 Å². The molecule has 0 bridgehead atoms. The maximum Gasteiger partial charge on any atom is 0.189 e. The molecule has 1 aromatic carbocycles. The summed E-state index contributed by atoms with van der Waals surface area (Å²) < 4.78 is 2.13. The lowest BCUT2D eigenvalue weighted by atomic mass is 10.0. The number of hydrogen-bond acceptors (Lipinski definition) is 2. The molecule has 1 heterocycles. The fourth-order valence-corrected chi connectivity index (χ4v) is 2.09. The fraction of sp³-hybridized carbons (Fsp3) is 0.438. The molecular formula is C16H22N2O.